The smallest absolute Gasteiger partial charge is 0.253 e. The van der Waals surface area contributed by atoms with Gasteiger partial charge in [-0.3, -0.25) is 14.6 Å². The van der Waals surface area contributed by atoms with Gasteiger partial charge in [-0.05, 0) is 54.8 Å². The van der Waals surface area contributed by atoms with Crippen LogP contribution >= 0.6 is 0 Å². The summed E-state index contributed by atoms with van der Waals surface area (Å²) in [5.74, 6) is 0.797. The molecule has 186 valence electrons. The van der Waals surface area contributed by atoms with Crippen molar-refractivity contribution in [1.82, 2.24) is 10.3 Å². The summed E-state index contributed by atoms with van der Waals surface area (Å²) in [6.07, 6.45) is 5.31. The van der Waals surface area contributed by atoms with Crippen LogP contribution in [0.5, 0.6) is 5.75 Å². The van der Waals surface area contributed by atoms with Crippen LogP contribution in [0, 0.1) is 5.92 Å². The molecule has 1 aliphatic heterocycles. The second-order valence-corrected chi connectivity index (χ2v) is 9.19. The minimum Gasteiger partial charge on any atom is -0.495 e. The summed E-state index contributed by atoms with van der Waals surface area (Å²) in [5.41, 5.74) is 4.07. The zero-order valence-corrected chi connectivity index (χ0v) is 20.4. The Labute approximate surface area is 211 Å². The number of carbonyl (C=O) groups excluding carboxylic acids is 2. The molecule has 5 rings (SSSR count). The number of rotatable bonds is 8. The van der Waals surface area contributed by atoms with Crippen molar-refractivity contribution in [2.24, 2.45) is 5.92 Å². The summed E-state index contributed by atoms with van der Waals surface area (Å²) >= 11 is 0. The Morgan fingerprint density at radius 2 is 1.72 bits per heavy atom. The molecule has 0 bridgehead atoms. The highest BCUT2D eigenvalue weighted by molar-refractivity contribution is 6.02. The summed E-state index contributed by atoms with van der Waals surface area (Å²) in [4.78, 5) is 34.3. The third kappa shape index (κ3) is 5.43. The largest absolute Gasteiger partial charge is 0.495 e. The summed E-state index contributed by atoms with van der Waals surface area (Å²) in [6.45, 7) is 3.50. The molecule has 2 fully saturated rings. The number of para-hydroxylation sites is 2. The van der Waals surface area contributed by atoms with E-state index in [1.165, 1.54) is 0 Å². The number of hydrogen-bond donors (Lipinski definition) is 2. The molecule has 0 atom stereocenters. The van der Waals surface area contributed by atoms with Gasteiger partial charge in [-0.25, -0.2) is 0 Å². The van der Waals surface area contributed by atoms with Crippen molar-refractivity contribution in [3.63, 3.8) is 0 Å². The average molecular weight is 486 g/mol. The topological polar surface area (TPSA) is 86.8 Å². The maximum Gasteiger partial charge on any atom is 0.253 e. The molecule has 1 aliphatic carbocycles. The number of aromatic nitrogens is 1. The monoisotopic (exact) mass is 485 g/mol. The van der Waals surface area contributed by atoms with Crippen LogP contribution in [0.3, 0.4) is 0 Å². The van der Waals surface area contributed by atoms with Crippen LogP contribution in [0.2, 0.25) is 0 Å². The molecule has 0 spiro atoms. The minimum atomic E-state index is -0.177. The van der Waals surface area contributed by atoms with Gasteiger partial charge in [0.05, 0.1) is 18.4 Å². The molecule has 2 heterocycles. The van der Waals surface area contributed by atoms with Gasteiger partial charge in [0, 0.05) is 62.4 Å². The lowest BCUT2D eigenvalue weighted by atomic mass is 10.1. The van der Waals surface area contributed by atoms with Crippen LogP contribution in [-0.2, 0) is 11.3 Å². The molecule has 8 nitrogen and oxygen atoms in total. The van der Waals surface area contributed by atoms with Crippen LogP contribution in [-0.4, -0.2) is 50.1 Å². The summed E-state index contributed by atoms with van der Waals surface area (Å²) < 4.78 is 5.54. The molecule has 2 N–H and O–H groups in total. The number of pyridine rings is 1. The number of nitrogens with zero attached hydrogens (tertiary/aromatic N) is 3. The summed E-state index contributed by atoms with van der Waals surface area (Å²) in [7, 11) is 1.69. The maximum absolute atomic E-state index is 13.3. The molecular formula is C28H31N5O3. The van der Waals surface area contributed by atoms with Crippen molar-refractivity contribution >= 4 is 28.9 Å². The SMILES string of the molecule is COc1ccccc1N1CCN(c2ccc(NC(=O)C3CC3)cc2C(=O)NCc2cccnc2)CC1. The molecule has 36 heavy (non-hydrogen) atoms. The highest BCUT2D eigenvalue weighted by Gasteiger charge is 2.30. The molecule has 0 radical (unpaired) electrons. The zero-order chi connectivity index (χ0) is 24.9. The van der Waals surface area contributed by atoms with Gasteiger partial charge in [0.2, 0.25) is 5.91 Å². The molecule has 2 aliphatic rings. The molecule has 8 heteroatoms. The molecule has 2 aromatic carbocycles. The van der Waals surface area contributed by atoms with Gasteiger partial charge >= 0.3 is 0 Å². The van der Waals surface area contributed by atoms with Crippen LogP contribution in [0.4, 0.5) is 17.1 Å². The Kier molecular flexibility index (Phi) is 7.02. The Morgan fingerprint density at radius 3 is 2.42 bits per heavy atom. The fourth-order valence-corrected chi connectivity index (χ4v) is 4.52. The van der Waals surface area contributed by atoms with E-state index in [1.807, 2.05) is 42.5 Å². The highest BCUT2D eigenvalue weighted by atomic mass is 16.5. The first kappa shape index (κ1) is 23.7. The lowest BCUT2D eigenvalue weighted by Crippen LogP contribution is -2.47. The van der Waals surface area contributed by atoms with Crippen molar-refractivity contribution in [1.29, 1.82) is 0 Å². The van der Waals surface area contributed by atoms with Gasteiger partial charge in [0.1, 0.15) is 5.75 Å². The molecule has 1 saturated carbocycles. The first-order valence-corrected chi connectivity index (χ1v) is 12.4. The molecule has 1 saturated heterocycles. The molecular weight excluding hydrogens is 454 g/mol. The number of anilines is 3. The quantitative estimate of drug-likeness (QED) is 0.506. The van der Waals surface area contributed by atoms with Crippen molar-refractivity contribution in [2.45, 2.75) is 19.4 Å². The van der Waals surface area contributed by atoms with E-state index < -0.39 is 0 Å². The number of carbonyl (C=O) groups is 2. The van der Waals surface area contributed by atoms with E-state index in [9.17, 15) is 9.59 Å². The Morgan fingerprint density at radius 1 is 0.972 bits per heavy atom. The second kappa shape index (κ2) is 10.7. The Bertz CT molecular complexity index is 1220. The predicted octanol–water partition coefficient (Wildman–Crippen LogP) is 3.70. The van der Waals surface area contributed by atoms with Crippen molar-refractivity contribution in [3.8, 4) is 5.75 Å². The number of methoxy groups -OCH3 is 1. The van der Waals surface area contributed by atoms with E-state index in [4.69, 9.17) is 4.74 Å². The van der Waals surface area contributed by atoms with Crippen LogP contribution < -0.4 is 25.2 Å². The number of hydrogen-bond acceptors (Lipinski definition) is 6. The lowest BCUT2D eigenvalue weighted by Gasteiger charge is -2.38. The van der Waals surface area contributed by atoms with Gasteiger partial charge in [0.25, 0.3) is 5.91 Å². The van der Waals surface area contributed by atoms with E-state index in [0.29, 0.717) is 17.8 Å². The van der Waals surface area contributed by atoms with Crippen molar-refractivity contribution < 1.29 is 14.3 Å². The predicted molar refractivity (Wildman–Crippen MR) is 141 cm³/mol. The molecule has 1 aromatic heterocycles. The standard InChI is InChI=1S/C28H31N5O3/c1-36-26-7-3-2-6-25(26)33-15-13-32(14-16-33)24-11-10-22(31-27(34)21-8-9-21)17-23(24)28(35)30-19-20-5-4-12-29-18-20/h2-7,10-12,17-18,21H,8-9,13-16,19H2,1H3,(H,30,35)(H,31,34). The van der Waals surface area contributed by atoms with Crippen LogP contribution in [0.25, 0.3) is 0 Å². The van der Waals surface area contributed by atoms with Crippen molar-refractivity contribution in [2.75, 3.05) is 48.4 Å². The molecule has 0 unspecified atom stereocenters. The van der Waals surface area contributed by atoms with Crippen LogP contribution in [0.1, 0.15) is 28.8 Å². The average Bonchev–Trinajstić information content (AvgIpc) is 3.78. The number of piperazine rings is 1. The van der Waals surface area contributed by atoms with Gasteiger partial charge in [-0.1, -0.05) is 18.2 Å². The highest BCUT2D eigenvalue weighted by Crippen LogP contribution is 2.33. The number of ether oxygens (including phenoxy) is 1. The fourth-order valence-electron chi connectivity index (χ4n) is 4.52. The van der Waals surface area contributed by atoms with E-state index in [0.717, 1.165) is 61.7 Å². The van der Waals surface area contributed by atoms with Crippen molar-refractivity contribution in [3.05, 3.63) is 78.1 Å². The molecule has 3 aromatic rings. The number of benzene rings is 2. The summed E-state index contributed by atoms with van der Waals surface area (Å²) in [5, 5.41) is 5.99. The van der Waals surface area contributed by atoms with E-state index in [2.05, 4.69) is 31.5 Å². The third-order valence-electron chi connectivity index (χ3n) is 6.68. The zero-order valence-electron chi connectivity index (χ0n) is 20.4. The Hall–Kier alpha value is -4.07. The number of nitrogens with one attached hydrogen (secondary N) is 2. The van der Waals surface area contributed by atoms with Gasteiger partial charge in [0.15, 0.2) is 0 Å². The van der Waals surface area contributed by atoms with E-state index >= 15 is 0 Å². The first-order chi connectivity index (χ1) is 17.6. The van der Waals surface area contributed by atoms with Gasteiger partial charge in [-0.2, -0.15) is 0 Å². The van der Waals surface area contributed by atoms with Gasteiger partial charge < -0.3 is 25.2 Å². The summed E-state index contributed by atoms with van der Waals surface area (Å²) in [6, 6.07) is 17.4. The second-order valence-electron chi connectivity index (χ2n) is 9.19. The fraction of sp³-hybridized carbons (Fsp3) is 0.321. The Balaban J connectivity index is 1.34. The third-order valence-corrected chi connectivity index (χ3v) is 6.68. The van der Waals surface area contributed by atoms with Crippen LogP contribution in [0.15, 0.2) is 67.0 Å². The number of amides is 2. The molecule has 2 amide bonds. The first-order valence-electron chi connectivity index (χ1n) is 12.4. The lowest BCUT2D eigenvalue weighted by molar-refractivity contribution is -0.117. The van der Waals surface area contributed by atoms with E-state index in [-0.39, 0.29) is 17.7 Å². The van der Waals surface area contributed by atoms with Gasteiger partial charge in [-0.15, -0.1) is 0 Å². The van der Waals surface area contributed by atoms with E-state index in [1.54, 1.807) is 25.6 Å². The normalized spacial score (nSPS) is 15.4. The minimum absolute atomic E-state index is 0.0230. The maximum atomic E-state index is 13.3.